The summed E-state index contributed by atoms with van der Waals surface area (Å²) in [5, 5.41) is 3.40. The molecule has 0 saturated carbocycles. The highest BCUT2D eigenvalue weighted by Crippen LogP contribution is 2.28. The van der Waals surface area contributed by atoms with E-state index >= 15 is 0 Å². The van der Waals surface area contributed by atoms with E-state index in [0.29, 0.717) is 5.02 Å². The molecular formula is C22H21ClN2O4S. The molecule has 0 unspecified atom stereocenters. The summed E-state index contributed by atoms with van der Waals surface area (Å²) in [6.45, 7) is 2.12. The molecule has 3 rings (SSSR count). The van der Waals surface area contributed by atoms with Gasteiger partial charge in [-0.2, -0.15) is 0 Å². The molecule has 0 aromatic heterocycles. The maximum Gasteiger partial charge on any atom is 0.265 e. The molecule has 3 aromatic rings. The highest BCUT2D eigenvalue weighted by atomic mass is 35.5. The summed E-state index contributed by atoms with van der Waals surface area (Å²) in [5.74, 6) is -0.175. The van der Waals surface area contributed by atoms with Crippen LogP contribution in [0.1, 0.15) is 21.5 Å². The van der Waals surface area contributed by atoms with Gasteiger partial charge in [-0.05, 0) is 54.4 Å². The number of nitrogens with one attached hydrogen (secondary N) is 2. The van der Waals surface area contributed by atoms with Crippen molar-refractivity contribution >= 4 is 33.2 Å². The summed E-state index contributed by atoms with van der Waals surface area (Å²) < 4.78 is 33.6. The van der Waals surface area contributed by atoms with Gasteiger partial charge in [0.05, 0.1) is 18.4 Å². The number of para-hydroxylation sites is 1. The van der Waals surface area contributed by atoms with Crippen LogP contribution in [0, 0.1) is 6.92 Å². The third kappa shape index (κ3) is 5.11. The molecule has 0 aliphatic carbocycles. The van der Waals surface area contributed by atoms with Crippen LogP contribution in [0.5, 0.6) is 5.75 Å². The number of methoxy groups -OCH3 is 1. The van der Waals surface area contributed by atoms with Gasteiger partial charge in [0, 0.05) is 11.6 Å². The van der Waals surface area contributed by atoms with Gasteiger partial charge < -0.3 is 10.1 Å². The number of hydrogen-bond donors (Lipinski definition) is 2. The predicted molar refractivity (Wildman–Crippen MR) is 118 cm³/mol. The Morgan fingerprint density at radius 1 is 1.03 bits per heavy atom. The summed E-state index contributed by atoms with van der Waals surface area (Å²) in [6.07, 6.45) is 0. The Kier molecular flexibility index (Phi) is 6.64. The van der Waals surface area contributed by atoms with Crippen LogP contribution in [0.3, 0.4) is 0 Å². The topological polar surface area (TPSA) is 84.5 Å². The molecule has 6 nitrogen and oxygen atoms in total. The third-order valence-corrected chi connectivity index (χ3v) is 6.05. The van der Waals surface area contributed by atoms with E-state index in [1.54, 1.807) is 54.6 Å². The van der Waals surface area contributed by atoms with Crippen molar-refractivity contribution in [3.05, 3.63) is 88.4 Å². The quantitative estimate of drug-likeness (QED) is 0.566. The van der Waals surface area contributed by atoms with Crippen molar-refractivity contribution < 1.29 is 17.9 Å². The number of amides is 1. The molecule has 1 amide bonds. The molecule has 0 atom stereocenters. The first-order valence-electron chi connectivity index (χ1n) is 9.09. The minimum atomic E-state index is -3.97. The highest BCUT2D eigenvalue weighted by molar-refractivity contribution is 7.92. The Labute approximate surface area is 180 Å². The van der Waals surface area contributed by atoms with E-state index in [0.717, 1.165) is 11.1 Å². The first kappa shape index (κ1) is 21.7. The molecule has 2 N–H and O–H groups in total. The lowest BCUT2D eigenvalue weighted by Gasteiger charge is -2.15. The van der Waals surface area contributed by atoms with Crippen LogP contribution in [0.15, 0.2) is 71.6 Å². The molecule has 0 aliphatic heterocycles. The average molecular weight is 445 g/mol. The second kappa shape index (κ2) is 9.19. The summed E-state index contributed by atoms with van der Waals surface area (Å²) in [5.41, 5.74) is 2.12. The Morgan fingerprint density at radius 3 is 2.43 bits per heavy atom. The zero-order valence-corrected chi connectivity index (χ0v) is 18.0. The van der Waals surface area contributed by atoms with Crippen molar-refractivity contribution in [2.75, 3.05) is 11.8 Å². The van der Waals surface area contributed by atoms with Crippen molar-refractivity contribution in [3.63, 3.8) is 0 Å². The first-order valence-corrected chi connectivity index (χ1v) is 11.0. The molecule has 0 bridgehead atoms. The van der Waals surface area contributed by atoms with Gasteiger partial charge in [0.15, 0.2) is 0 Å². The van der Waals surface area contributed by atoms with Gasteiger partial charge in [0.1, 0.15) is 10.6 Å². The number of carbonyl (C=O) groups excluding carboxylic acids is 1. The Balaban J connectivity index is 1.82. The van der Waals surface area contributed by atoms with Gasteiger partial charge in [-0.1, -0.05) is 41.9 Å². The zero-order valence-electron chi connectivity index (χ0n) is 16.5. The van der Waals surface area contributed by atoms with E-state index in [4.69, 9.17) is 16.3 Å². The maximum absolute atomic E-state index is 12.9. The van der Waals surface area contributed by atoms with Crippen LogP contribution in [-0.4, -0.2) is 21.4 Å². The molecule has 0 fully saturated rings. The maximum atomic E-state index is 12.9. The smallest absolute Gasteiger partial charge is 0.265 e. The monoisotopic (exact) mass is 444 g/mol. The molecule has 0 aliphatic rings. The lowest BCUT2D eigenvalue weighted by Crippen LogP contribution is -2.25. The van der Waals surface area contributed by atoms with E-state index < -0.39 is 15.9 Å². The van der Waals surface area contributed by atoms with Crippen LogP contribution < -0.4 is 14.8 Å². The molecule has 156 valence electrons. The van der Waals surface area contributed by atoms with Gasteiger partial charge in [0.25, 0.3) is 15.9 Å². The molecule has 0 heterocycles. The lowest BCUT2D eigenvalue weighted by atomic mass is 10.1. The third-order valence-electron chi connectivity index (χ3n) is 4.39. The number of halogens is 1. The fraction of sp³-hybridized carbons (Fsp3) is 0.136. The highest BCUT2D eigenvalue weighted by Gasteiger charge is 2.22. The Hall–Kier alpha value is -3.03. The molecule has 8 heteroatoms. The molecule has 30 heavy (non-hydrogen) atoms. The van der Waals surface area contributed by atoms with Gasteiger partial charge >= 0.3 is 0 Å². The predicted octanol–water partition coefficient (Wildman–Crippen LogP) is 4.39. The minimum Gasteiger partial charge on any atom is -0.495 e. The van der Waals surface area contributed by atoms with E-state index in [9.17, 15) is 13.2 Å². The average Bonchev–Trinajstić information content (AvgIpc) is 2.73. The first-order chi connectivity index (χ1) is 14.3. The Morgan fingerprint density at radius 2 is 1.73 bits per heavy atom. The van der Waals surface area contributed by atoms with Crippen molar-refractivity contribution in [1.82, 2.24) is 5.32 Å². The van der Waals surface area contributed by atoms with Gasteiger partial charge in [0.2, 0.25) is 0 Å². The Bertz CT molecular complexity index is 1160. The minimum absolute atomic E-state index is 0.00743. The summed E-state index contributed by atoms with van der Waals surface area (Å²) in [7, 11) is -2.56. The second-order valence-electron chi connectivity index (χ2n) is 6.61. The van der Waals surface area contributed by atoms with Gasteiger partial charge in [-0.25, -0.2) is 8.42 Å². The lowest BCUT2D eigenvalue weighted by molar-refractivity contribution is 0.0952. The van der Waals surface area contributed by atoms with Crippen molar-refractivity contribution in [2.24, 2.45) is 0 Å². The number of rotatable bonds is 7. The van der Waals surface area contributed by atoms with Crippen LogP contribution >= 0.6 is 11.6 Å². The number of carbonyl (C=O) groups is 1. The molecule has 0 radical (unpaired) electrons. The molecular weight excluding hydrogens is 424 g/mol. The number of benzene rings is 3. The van der Waals surface area contributed by atoms with Crippen LogP contribution in [-0.2, 0) is 16.6 Å². The van der Waals surface area contributed by atoms with Crippen LogP contribution in [0.25, 0.3) is 0 Å². The van der Waals surface area contributed by atoms with Crippen molar-refractivity contribution in [2.45, 2.75) is 18.4 Å². The van der Waals surface area contributed by atoms with Gasteiger partial charge in [-0.3, -0.25) is 9.52 Å². The van der Waals surface area contributed by atoms with Gasteiger partial charge in [-0.15, -0.1) is 0 Å². The number of anilines is 1. The summed E-state index contributed by atoms with van der Waals surface area (Å²) >= 11 is 5.87. The largest absolute Gasteiger partial charge is 0.495 e. The molecule has 3 aromatic carbocycles. The number of hydrogen-bond acceptors (Lipinski definition) is 4. The summed E-state index contributed by atoms with van der Waals surface area (Å²) in [4.78, 5) is 12.7. The second-order valence-corrected chi connectivity index (χ2v) is 8.70. The molecule has 0 saturated heterocycles. The van der Waals surface area contributed by atoms with E-state index in [1.165, 1.54) is 19.2 Å². The zero-order chi connectivity index (χ0) is 21.7. The number of sulfonamides is 1. The van der Waals surface area contributed by atoms with E-state index in [2.05, 4.69) is 10.0 Å². The number of ether oxygens (including phenoxy) is 1. The van der Waals surface area contributed by atoms with E-state index in [-0.39, 0.29) is 28.4 Å². The standard InChI is InChI=1S/C22H21ClN2O4S/c1-15-7-12-21(20(13-15)29-2)30(27,28)25-19-6-4-3-5-18(19)22(26)24-14-16-8-10-17(23)11-9-16/h3-13,25H,14H2,1-2H3,(H,24,26). The normalized spacial score (nSPS) is 11.0. The fourth-order valence-electron chi connectivity index (χ4n) is 2.85. The number of aryl methyl sites for hydroxylation is 1. The van der Waals surface area contributed by atoms with Crippen LogP contribution in [0.2, 0.25) is 5.02 Å². The van der Waals surface area contributed by atoms with Crippen molar-refractivity contribution in [1.29, 1.82) is 0 Å². The van der Waals surface area contributed by atoms with Crippen molar-refractivity contribution in [3.8, 4) is 5.75 Å². The molecule has 0 spiro atoms. The SMILES string of the molecule is COc1cc(C)ccc1S(=O)(=O)Nc1ccccc1C(=O)NCc1ccc(Cl)cc1. The van der Waals surface area contributed by atoms with Crippen LogP contribution in [0.4, 0.5) is 5.69 Å². The fourth-order valence-corrected chi connectivity index (χ4v) is 4.20. The van der Waals surface area contributed by atoms with E-state index in [1.807, 2.05) is 6.92 Å². The summed E-state index contributed by atoms with van der Waals surface area (Å²) in [6, 6.07) is 18.3.